The van der Waals surface area contributed by atoms with Gasteiger partial charge in [0, 0.05) is 35.6 Å². The number of hydrogen-bond acceptors (Lipinski definition) is 7. The number of aryl methyl sites for hydroxylation is 1. The second-order valence-corrected chi connectivity index (χ2v) is 10.9. The number of hydrogen-bond donors (Lipinski definition) is 5. The lowest BCUT2D eigenvalue weighted by Crippen LogP contribution is -2.52. The number of aromatic amines is 1. The van der Waals surface area contributed by atoms with Crippen LogP contribution in [0.5, 0.6) is 0 Å². The molecule has 1 saturated carbocycles. The molecule has 1 unspecified atom stereocenters. The highest BCUT2D eigenvalue weighted by Gasteiger charge is 2.41. The Hall–Kier alpha value is -3.34. The Balaban J connectivity index is 0.000000249. The molecule has 2 aliphatic rings. The fourth-order valence-corrected chi connectivity index (χ4v) is 6.05. The number of para-hydroxylation sites is 2. The van der Waals surface area contributed by atoms with Crippen LogP contribution in [0.15, 0.2) is 67.0 Å². The summed E-state index contributed by atoms with van der Waals surface area (Å²) in [4.78, 5) is 16.5. The normalized spacial score (nSPS) is 22.9. The monoisotopic (exact) mass is 533 g/mol. The van der Waals surface area contributed by atoms with Crippen LogP contribution < -0.4 is 15.8 Å². The number of fused-ring (bicyclic) bond motifs is 2. The Kier molecular flexibility index (Phi) is 8.31. The number of thiol groups is 1. The summed E-state index contributed by atoms with van der Waals surface area (Å²) in [6.45, 7) is 0.782. The molecule has 3 aromatic heterocycles. The average molecular weight is 534 g/mol. The van der Waals surface area contributed by atoms with Crippen molar-refractivity contribution in [2.45, 2.75) is 69.0 Å². The molecule has 0 amide bonds. The lowest BCUT2D eigenvalue weighted by atomic mass is 9.66. The van der Waals surface area contributed by atoms with Gasteiger partial charge in [-0.1, -0.05) is 24.3 Å². The van der Waals surface area contributed by atoms with Gasteiger partial charge in [0.05, 0.1) is 17.6 Å². The van der Waals surface area contributed by atoms with E-state index in [2.05, 4.69) is 49.3 Å². The molecule has 2 aliphatic carbocycles. The molecule has 1 atom stereocenters. The largest absolute Gasteiger partial charge is 0.341 e. The molecule has 10 heteroatoms. The van der Waals surface area contributed by atoms with Gasteiger partial charge in [-0.15, -0.1) is 0 Å². The molecule has 200 valence electrons. The highest BCUT2D eigenvalue weighted by atomic mass is 32.2. The van der Waals surface area contributed by atoms with Crippen LogP contribution in [0.4, 0.5) is 5.82 Å². The minimum atomic E-state index is -2.59. The van der Waals surface area contributed by atoms with E-state index in [-0.39, 0.29) is 5.54 Å². The third-order valence-corrected chi connectivity index (χ3v) is 8.08. The smallest absolute Gasteiger partial charge is 0.223 e. The van der Waals surface area contributed by atoms with Crippen LogP contribution in [-0.2, 0) is 23.9 Å². The molecule has 1 aromatic carbocycles. The van der Waals surface area contributed by atoms with Gasteiger partial charge in [-0.05, 0) is 80.8 Å². The van der Waals surface area contributed by atoms with Crippen LogP contribution in [-0.4, -0.2) is 39.9 Å². The van der Waals surface area contributed by atoms with E-state index in [0.717, 1.165) is 55.5 Å². The summed E-state index contributed by atoms with van der Waals surface area (Å²) in [7, 11) is -2.59. The zero-order valence-corrected chi connectivity index (χ0v) is 22.2. The van der Waals surface area contributed by atoms with Crippen molar-refractivity contribution >= 4 is 27.7 Å². The van der Waals surface area contributed by atoms with Crippen molar-refractivity contribution in [2.24, 2.45) is 5.73 Å². The van der Waals surface area contributed by atoms with E-state index in [0.29, 0.717) is 17.8 Å². The van der Waals surface area contributed by atoms with Crippen LogP contribution in [0.2, 0.25) is 0 Å². The van der Waals surface area contributed by atoms with Crippen LogP contribution in [0.25, 0.3) is 11.0 Å². The first-order valence-corrected chi connectivity index (χ1v) is 14.4. The zero-order chi connectivity index (χ0) is 26.4. The Morgan fingerprint density at radius 1 is 0.974 bits per heavy atom. The molecule has 9 nitrogen and oxygen atoms in total. The molecule has 0 saturated heterocycles. The van der Waals surface area contributed by atoms with E-state index >= 15 is 0 Å². The van der Waals surface area contributed by atoms with E-state index in [1.165, 1.54) is 30.3 Å². The molecule has 0 radical (unpaired) electrons. The van der Waals surface area contributed by atoms with Crippen molar-refractivity contribution in [3.63, 3.8) is 0 Å². The first-order valence-electron chi connectivity index (χ1n) is 13.2. The van der Waals surface area contributed by atoms with Crippen LogP contribution in [0.1, 0.15) is 61.5 Å². The molecular weight excluding hydrogens is 498 g/mol. The number of anilines is 1. The van der Waals surface area contributed by atoms with Gasteiger partial charge in [-0.2, -0.15) is 0 Å². The van der Waals surface area contributed by atoms with Gasteiger partial charge in [0.15, 0.2) is 0 Å². The maximum absolute atomic E-state index is 10.1. The van der Waals surface area contributed by atoms with Crippen molar-refractivity contribution in [2.75, 3.05) is 4.72 Å². The summed E-state index contributed by atoms with van der Waals surface area (Å²) in [6.07, 6.45) is 11.4. The number of aromatic nitrogens is 4. The van der Waals surface area contributed by atoms with Gasteiger partial charge in [0.25, 0.3) is 0 Å². The maximum atomic E-state index is 10.1. The Labute approximate surface area is 224 Å². The molecule has 6 rings (SSSR count). The molecule has 0 bridgehead atoms. The fourth-order valence-electron chi connectivity index (χ4n) is 5.73. The van der Waals surface area contributed by atoms with Crippen LogP contribution in [0, 0.1) is 0 Å². The predicted molar refractivity (Wildman–Crippen MR) is 150 cm³/mol. The number of rotatable bonds is 6. The molecular formula is C28H35N7O2S. The van der Waals surface area contributed by atoms with E-state index in [9.17, 15) is 8.42 Å². The van der Waals surface area contributed by atoms with Crippen molar-refractivity contribution in [1.29, 1.82) is 0 Å². The zero-order valence-electron chi connectivity index (χ0n) is 21.3. The third kappa shape index (κ3) is 6.38. The van der Waals surface area contributed by atoms with Crippen molar-refractivity contribution < 1.29 is 8.42 Å². The Morgan fingerprint density at radius 2 is 1.76 bits per heavy atom. The molecule has 0 spiro atoms. The van der Waals surface area contributed by atoms with Gasteiger partial charge in [-0.25, -0.2) is 18.4 Å². The molecule has 38 heavy (non-hydrogen) atoms. The first-order chi connectivity index (χ1) is 18.5. The number of nitrogens with zero attached hydrogens (tertiary/aromatic N) is 3. The first kappa shape index (κ1) is 26.3. The van der Waals surface area contributed by atoms with E-state index in [1.807, 2.05) is 18.3 Å². The average Bonchev–Trinajstić information content (AvgIpc) is 3.36. The molecule has 0 aliphatic heterocycles. The third-order valence-electron chi connectivity index (χ3n) is 7.67. The van der Waals surface area contributed by atoms with Crippen molar-refractivity contribution in [1.82, 2.24) is 25.3 Å². The summed E-state index contributed by atoms with van der Waals surface area (Å²) in [6, 6.07) is 18.0. The minimum absolute atomic E-state index is 0.110. The van der Waals surface area contributed by atoms with Gasteiger partial charge in [0.1, 0.15) is 11.6 Å². The standard InChI is InChI=1S/C23H29N5.C5H6N2O2S/c24-23(18-7-3-5-16-6-4-14-25-22(16)18)12-10-17(11-13-23)26-15-21-27-19-8-1-2-9-20(19)28-21;8-10(9)7-5-3-1-2-4-6-5/h1-2,4,6,8-9,14,17-18,26H,3,5,7,10-13,15,24H2,(H,27,28);1-4,10H,(H,6,7,8,9)/t17-,18?,23+;. The fraction of sp³-hybridized carbons (Fsp3) is 0.393. The van der Waals surface area contributed by atoms with Gasteiger partial charge < -0.3 is 16.0 Å². The SMILES string of the molecule is N[C@]1(C2CCCc3cccnc32)CC[C@H](NCc2nc3ccccc3[nH]2)CC1.O=[SH](=O)Nc1ccccn1. The summed E-state index contributed by atoms with van der Waals surface area (Å²) < 4.78 is 22.3. The van der Waals surface area contributed by atoms with Gasteiger partial charge in [0.2, 0.25) is 10.9 Å². The van der Waals surface area contributed by atoms with E-state index in [4.69, 9.17) is 10.7 Å². The summed E-state index contributed by atoms with van der Waals surface area (Å²) in [5, 5.41) is 3.69. The van der Waals surface area contributed by atoms with E-state index < -0.39 is 10.9 Å². The van der Waals surface area contributed by atoms with Gasteiger partial charge >= 0.3 is 0 Å². The Bertz CT molecular complexity index is 1370. The molecule has 5 N–H and O–H groups in total. The second kappa shape index (κ2) is 12.0. The Morgan fingerprint density at radius 3 is 2.53 bits per heavy atom. The van der Waals surface area contributed by atoms with Gasteiger partial charge in [-0.3, -0.25) is 9.71 Å². The summed E-state index contributed by atoms with van der Waals surface area (Å²) >= 11 is 0. The lowest BCUT2D eigenvalue weighted by molar-refractivity contribution is 0.197. The van der Waals surface area contributed by atoms with E-state index in [1.54, 1.807) is 18.2 Å². The molecule has 3 heterocycles. The highest BCUT2D eigenvalue weighted by molar-refractivity contribution is 7.73. The number of pyridine rings is 2. The molecule has 4 aromatic rings. The summed E-state index contributed by atoms with van der Waals surface area (Å²) in [5.74, 6) is 1.77. The predicted octanol–water partition coefficient (Wildman–Crippen LogP) is 3.83. The lowest BCUT2D eigenvalue weighted by Gasteiger charge is -2.44. The van der Waals surface area contributed by atoms with Crippen molar-refractivity contribution in [3.05, 3.63) is 84.1 Å². The highest BCUT2D eigenvalue weighted by Crippen LogP contribution is 2.43. The molecule has 1 fully saturated rings. The second-order valence-electron chi connectivity index (χ2n) is 10.2. The number of benzene rings is 1. The quantitative estimate of drug-likeness (QED) is 0.237. The number of H-pyrrole nitrogens is 1. The maximum Gasteiger partial charge on any atom is 0.223 e. The topological polar surface area (TPSA) is 139 Å². The number of imidazole rings is 1. The summed E-state index contributed by atoms with van der Waals surface area (Å²) in [5.41, 5.74) is 11.7. The minimum Gasteiger partial charge on any atom is -0.341 e. The van der Waals surface area contributed by atoms with Crippen LogP contribution >= 0.6 is 0 Å². The number of nitrogens with one attached hydrogen (secondary N) is 3. The van der Waals surface area contributed by atoms with Crippen molar-refractivity contribution in [3.8, 4) is 0 Å². The number of nitrogens with two attached hydrogens (primary N) is 1. The van der Waals surface area contributed by atoms with Crippen LogP contribution in [0.3, 0.4) is 0 Å².